The predicted octanol–water partition coefficient (Wildman–Crippen LogP) is 3.30. The summed E-state index contributed by atoms with van der Waals surface area (Å²) in [6.07, 6.45) is -5.09. The molecule has 0 bridgehead atoms. The lowest BCUT2D eigenvalue weighted by Gasteiger charge is -2.18. The van der Waals surface area contributed by atoms with E-state index in [0.717, 1.165) is 6.20 Å². The zero-order valence-electron chi connectivity index (χ0n) is 11.4. The van der Waals surface area contributed by atoms with Gasteiger partial charge in [-0.05, 0) is 0 Å². The van der Waals surface area contributed by atoms with Crippen LogP contribution in [0.4, 0.5) is 13.2 Å². The zero-order valence-corrected chi connectivity index (χ0v) is 11.4. The number of ether oxygens (including phenoxy) is 1. The number of aromatic nitrogens is 2. The van der Waals surface area contributed by atoms with Gasteiger partial charge >= 0.3 is 12.2 Å². The molecule has 0 aliphatic carbocycles. The molecular weight excluding hydrogens is 297 g/mol. The minimum Gasteiger partial charge on any atom is -0.459 e. The minimum atomic E-state index is -4.81. The summed E-state index contributed by atoms with van der Waals surface area (Å²) < 4.78 is 43.5. The Morgan fingerprint density at radius 3 is 2.55 bits per heavy atom. The van der Waals surface area contributed by atoms with Crippen molar-refractivity contribution in [3.05, 3.63) is 54.7 Å². The van der Waals surface area contributed by atoms with Gasteiger partial charge in [0.05, 0.1) is 5.69 Å². The molecule has 1 aromatic carbocycles. The van der Waals surface area contributed by atoms with E-state index in [1.165, 1.54) is 6.08 Å². The first-order valence-corrected chi connectivity index (χ1v) is 6.34. The Kier molecular flexibility index (Phi) is 4.77. The summed E-state index contributed by atoms with van der Waals surface area (Å²) in [7, 11) is 0. The molecule has 0 aliphatic rings. The van der Waals surface area contributed by atoms with E-state index in [1.807, 2.05) is 0 Å². The summed E-state index contributed by atoms with van der Waals surface area (Å²) in [6, 6.07) is 8.13. The first-order chi connectivity index (χ1) is 10.4. The Morgan fingerprint density at radius 1 is 1.27 bits per heavy atom. The number of nitrogens with zero attached hydrogens (tertiary/aromatic N) is 2. The summed E-state index contributed by atoms with van der Waals surface area (Å²) in [5.74, 6) is 0. The molecule has 0 saturated heterocycles. The fourth-order valence-electron chi connectivity index (χ4n) is 1.78. The predicted molar refractivity (Wildman–Crippen MR) is 74.2 cm³/mol. The normalized spacial score (nSPS) is 12.7. The van der Waals surface area contributed by atoms with Crippen molar-refractivity contribution in [2.75, 3.05) is 6.61 Å². The highest BCUT2D eigenvalue weighted by Crippen LogP contribution is 2.37. The van der Waals surface area contributed by atoms with Crippen LogP contribution >= 0.6 is 0 Å². The molecule has 1 N–H and O–H groups in total. The Bertz CT molecular complexity index is 645. The average Bonchev–Trinajstić information content (AvgIpc) is 2.52. The fourth-order valence-corrected chi connectivity index (χ4v) is 1.78. The van der Waals surface area contributed by atoms with Crippen molar-refractivity contribution in [2.45, 2.75) is 12.3 Å². The van der Waals surface area contributed by atoms with Gasteiger partial charge in [-0.3, -0.25) is 0 Å². The average molecular weight is 310 g/mol. The number of hydrogen-bond acceptors (Lipinski definition) is 4. The van der Waals surface area contributed by atoms with Crippen LogP contribution in [0.25, 0.3) is 11.3 Å². The lowest BCUT2D eigenvalue weighted by Crippen LogP contribution is -2.21. The quantitative estimate of drug-likeness (QED) is 0.861. The highest BCUT2D eigenvalue weighted by atomic mass is 19.4. The van der Waals surface area contributed by atoms with E-state index in [9.17, 15) is 18.3 Å². The van der Waals surface area contributed by atoms with Crippen LogP contribution in [0.1, 0.15) is 11.7 Å². The number of benzene rings is 1. The van der Waals surface area contributed by atoms with E-state index < -0.39 is 17.8 Å². The molecule has 0 saturated carbocycles. The molecule has 4 nitrogen and oxygen atoms in total. The first-order valence-electron chi connectivity index (χ1n) is 6.34. The van der Waals surface area contributed by atoms with Gasteiger partial charge in [0.1, 0.15) is 6.61 Å². The third-order valence-electron chi connectivity index (χ3n) is 2.78. The number of rotatable bonds is 5. The molecule has 7 heteroatoms. The lowest BCUT2D eigenvalue weighted by atomic mass is 10.0. The molecule has 22 heavy (non-hydrogen) atoms. The van der Waals surface area contributed by atoms with Gasteiger partial charge in [0, 0.05) is 17.3 Å². The lowest BCUT2D eigenvalue weighted by molar-refractivity contribution is -0.206. The Hall–Kier alpha value is -2.41. The van der Waals surface area contributed by atoms with Crippen molar-refractivity contribution in [3.8, 4) is 17.3 Å². The van der Waals surface area contributed by atoms with E-state index in [4.69, 9.17) is 4.74 Å². The van der Waals surface area contributed by atoms with Crippen molar-refractivity contribution in [1.82, 2.24) is 9.97 Å². The van der Waals surface area contributed by atoms with Crippen molar-refractivity contribution >= 4 is 0 Å². The van der Waals surface area contributed by atoms with Gasteiger partial charge in [-0.15, -0.1) is 0 Å². The van der Waals surface area contributed by atoms with Crippen molar-refractivity contribution in [2.24, 2.45) is 0 Å². The number of hydrogen-bond donors (Lipinski definition) is 1. The van der Waals surface area contributed by atoms with Gasteiger partial charge in [-0.25, -0.2) is 4.98 Å². The zero-order chi connectivity index (χ0) is 16.2. The molecule has 0 spiro atoms. The molecule has 0 amide bonds. The minimum absolute atomic E-state index is 0.0283. The molecule has 1 unspecified atom stereocenters. The van der Waals surface area contributed by atoms with Crippen LogP contribution in [0.5, 0.6) is 6.01 Å². The van der Waals surface area contributed by atoms with Crippen LogP contribution in [0, 0.1) is 0 Å². The van der Waals surface area contributed by atoms with Crippen LogP contribution in [-0.2, 0) is 0 Å². The van der Waals surface area contributed by atoms with Gasteiger partial charge in [-0.1, -0.05) is 43.0 Å². The molecular formula is C15H13F3N2O2. The first kappa shape index (κ1) is 16.0. The van der Waals surface area contributed by atoms with Crippen LogP contribution < -0.4 is 4.74 Å². The summed E-state index contributed by atoms with van der Waals surface area (Å²) in [4.78, 5) is 7.67. The summed E-state index contributed by atoms with van der Waals surface area (Å²) in [5.41, 5.74) is -0.0317. The van der Waals surface area contributed by atoms with Crippen LogP contribution in [0.2, 0.25) is 0 Å². The SMILES string of the molecule is C=CCOc1ncc(C(O)C(F)(F)F)c(-c2ccccc2)n1. The van der Waals surface area contributed by atoms with Gasteiger partial charge in [0.15, 0.2) is 6.10 Å². The van der Waals surface area contributed by atoms with E-state index in [0.29, 0.717) is 5.56 Å². The topological polar surface area (TPSA) is 55.2 Å². The monoisotopic (exact) mass is 310 g/mol. The third-order valence-corrected chi connectivity index (χ3v) is 2.78. The second-order valence-corrected chi connectivity index (χ2v) is 4.37. The van der Waals surface area contributed by atoms with Crippen LogP contribution in [-0.4, -0.2) is 27.9 Å². The molecule has 0 aliphatic heterocycles. The maximum absolute atomic E-state index is 12.8. The van der Waals surface area contributed by atoms with Crippen molar-refractivity contribution < 1.29 is 23.0 Å². The Morgan fingerprint density at radius 2 is 1.95 bits per heavy atom. The Balaban J connectivity index is 2.51. The largest absolute Gasteiger partial charge is 0.459 e. The number of alkyl halides is 3. The van der Waals surface area contributed by atoms with Gasteiger partial charge in [-0.2, -0.15) is 18.2 Å². The van der Waals surface area contributed by atoms with E-state index in [1.54, 1.807) is 30.3 Å². The second kappa shape index (κ2) is 6.57. The molecule has 1 heterocycles. The van der Waals surface area contributed by atoms with E-state index in [-0.39, 0.29) is 18.3 Å². The maximum atomic E-state index is 12.8. The number of aliphatic hydroxyl groups excluding tert-OH is 1. The molecule has 0 fully saturated rings. The van der Waals surface area contributed by atoms with E-state index in [2.05, 4.69) is 16.5 Å². The highest BCUT2D eigenvalue weighted by Gasteiger charge is 2.41. The summed E-state index contributed by atoms with van der Waals surface area (Å²) in [5, 5.41) is 9.50. The summed E-state index contributed by atoms with van der Waals surface area (Å²) in [6.45, 7) is 3.59. The maximum Gasteiger partial charge on any atom is 0.418 e. The molecule has 0 radical (unpaired) electrons. The molecule has 1 aromatic heterocycles. The molecule has 1 atom stereocenters. The molecule has 2 aromatic rings. The second-order valence-electron chi connectivity index (χ2n) is 4.37. The van der Waals surface area contributed by atoms with Gasteiger partial charge < -0.3 is 9.84 Å². The standard InChI is InChI=1S/C15H13F3N2O2/c1-2-8-22-14-19-9-11(13(21)15(16,17)18)12(20-14)10-6-4-3-5-7-10/h2-7,9,13,21H,1,8H2. The van der Waals surface area contributed by atoms with Crippen molar-refractivity contribution in [1.29, 1.82) is 0 Å². The number of halogens is 3. The Labute approximate surface area is 124 Å². The molecule has 116 valence electrons. The van der Waals surface area contributed by atoms with Crippen molar-refractivity contribution in [3.63, 3.8) is 0 Å². The van der Waals surface area contributed by atoms with Gasteiger partial charge in [0.2, 0.25) is 0 Å². The van der Waals surface area contributed by atoms with Crippen LogP contribution in [0.3, 0.4) is 0 Å². The molecule has 2 rings (SSSR count). The van der Waals surface area contributed by atoms with E-state index >= 15 is 0 Å². The van der Waals surface area contributed by atoms with Gasteiger partial charge in [0.25, 0.3) is 0 Å². The fraction of sp³-hybridized carbons (Fsp3) is 0.200. The third kappa shape index (κ3) is 3.62. The van der Waals surface area contributed by atoms with Crippen LogP contribution in [0.15, 0.2) is 49.2 Å². The smallest absolute Gasteiger partial charge is 0.418 e. The summed E-state index contributed by atoms with van der Waals surface area (Å²) >= 11 is 0. The highest BCUT2D eigenvalue weighted by molar-refractivity contribution is 5.63. The number of aliphatic hydroxyl groups is 1.